The molecule has 5 rings (SSSR count). The molecular formula is C24H15Br2NO5. The van der Waals surface area contributed by atoms with Crippen LogP contribution < -0.4 is 15.0 Å². The van der Waals surface area contributed by atoms with Gasteiger partial charge in [0.1, 0.15) is 5.69 Å². The van der Waals surface area contributed by atoms with E-state index in [1.165, 1.54) is 4.57 Å². The number of ether oxygens (including phenoxy) is 2. The standard InChI is InChI=1S/C24H15Br2NO5/c25-15-6-7-16-17(9-15)21(13-4-2-1-3-5-13)22(24(29)30)27(23(16)28)11-14-8-19-20(10-18(14)26)32-12-31-19/h1-10H,11-12H2,(H,29,30). The van der Waals surface area contributed by atoms with Crippen LogP contribution >= 0.6 is 31.9 Å². The first-order chi connectivity index (χ1) is 15.4. The second kappa shape index (κ2) is 8.11. The molecule has 160 valence electrons. The Hall–Kier alpha value is -3.10. The van der Waals surface area contributed by atoms with Crippen molar-refractivity contribution in [1.82, 2.24) is 4.57 Å². The zero-order valence-electron chi connectivity index (χ0n) is 16.5. The predicted octanol–water partition coefficient (Wildman–Crippen LogP) is 5.67. The summed E-state index contributed by atoms with van der Waals surface area (Å²) < 4.78 is 13.6. The molecule has 0 spiro atoms. The fourth-order valence-corrected chi connectivity index (χ4v) is 4.75. The van der Waals surface area contributed by atoms with Gasteiger partial charge >= 0.3 is 5.97 Å². The first kappa shape index (κ1) is 20.8. The summed E-state index contributed by atoms with van der Waals surface area (Å²) in [4.78, 5) is 26.0. The van der Waals surface area contributed by atoms with Gasteiger partial charge in [-0.2, -0.15) is 0 Å². The van der Waals surface area contributed by atoms with Crippen LogP contribution in [0.1, 0.15) is 16.1 Å². The van der Waals surface area contributed by atoms with Crippen molar-refractivity contribution in [1.29, 1.82) is 0 Å². The lowest BCUT2D eigenvalue weighted by atomic mass is 9.96. The van der Waals surface area contributed by atoms with Crippen LogP contribution in [0.15, 0.2) is 74.4 Å². The number of aromatic nitrogens is 1. The molecule has 0 unspecified atom stereocenters. The van der Waals surface area contributed by atoms with Crippen LogP contribution in [0.2, 0.25) is 0 Å². The summed E-state index contributed by atoms with van der Waals surface area (Å²) in [5.74, 6) is -0.0272. The van der Waals surface area contributed by atoms with Crippen molar-refractivity contribution < 1.29 is 19.4 Å². The minimum atomic E-state index is -1.18. The van der Waals surface area contributed by atoms with Crippen LogP contribution in [0.3, 0.4) is 0 Å². The van der Waals surface area contributed by atoms with Crippen LogP contribution in [0, 0.1) is 0 Å². The molecule has 0 atom stereocenters. The Bertz CT molecular complexity index is 1450. The number of hydrogen-bond acceptors (Lipinski definition) is 4. The Kier molecular flexibility index (Phi) is 5.27. The second-order valence-electron chi connectivity index (χ2n) is 7.27. The van der Waals surface area contributed by atoms with E-state index < -0.39 is 5.97 Å². The largest absolute Gasteiger partial charge is 0.477 e. The van der Waals surface area contributed by atoms with E-state index in [9.17, 15) is 14.7 Å². The number of pyridine rings is 1. The van der Waals surface area contributed by atoms with Gasteiger partial charge in [0.05, 0.1) is 6.54 Å². The van der Waals surface area contributed by atoms with E-state index in [0.29, 0.717) is 43.4 Å². The number of carboxylic acid groups (broad SMARTS) is 1. The summed E-state index contributed by atoms with van der Waals surface area (Å²) in [6, 6.07) is 18.0. The van der Waals surface area contributed by atoms with Crippen molar-refractivity contribution in [3.8, 4) is 22.6 Å². The molecule has 2 heterocycles. The molecule has 0 aliphatic carbocycles. The van der Waals surface area contributed by atoms with Gasteiger partial charge in [-0.15, -0.1) is 0 Å². The van der Waals surface area contributed by atoms with Crippen molar-refractivity contribution in [3.63, 3.8) is 0 Å². The third-order valence-corrected chi connectivity index (χ3v) is 6.60. The highest BCUT2D eigenvalue weighted by Crippen LogP contribution is 2.38. The lowest BCUT2D eigenvalue weighted by Gasteiger charge is -2.18. The molecule has 0 saturated heterocycles. The highest BCUT2D eigenvalue weighted by atomic mass is 79.9. The first-order valence-electron chi connectivity index (χ1n) is 9.67. The van der Waals surface area contributed by atoms with Crippen molar-refractivity contribution in [2.75, 3.05) is 6.79 Å². The first-order valence-corrected chi connectivity index (χ1v) is 11.3. The third-order valence-electron chi connectivity index (χ3n) is 5.37. The van der Waals surface area contributed by atoms with Gasteiger partial charge in [0.15, 0.2) is 11.5 Å². The molecule has 1 aliphatic rings. The number of aromatic carboxylic acids is 1. The molecule has 1 aliphatic heterocycles. The fourth-order valence-electron chi connectivity index (χ4n) is 3.94. The lowest BCUT2D eigenvalue weighted by molar-refractivity contribution is 0.0685. The summed E-state index contributed by atoms with van der Waals surface area (Å²) in [6.07, 6.45) is 0. The highest BCUT2D eigenvalue weighted by molar-refractivity contribution is 9.10. The van der Waals surface area contributed by atoms with Gasteiger partial charge in [0.2, 0.25) is 6.79 Å². The number of hydrogen-bond donors (Lipinski definition) is 1. The topological polar surface area (TPSA) is 77.8 Å². The zero-order valence-corrected chi connectivity index (χ0v) is 19.6. The molecule has 0 saturated carbocycles. The van der Waals surface area contributed by atoms with Gasteiger partial charge in [0.25, 0.3) is 5.56 Å². The Morgan fingerprint density at radius 1 is 0.969 bits per heavy atom. The molecule has 0 radical (unpaired) electrons. The highest BCUT2D eigenvalue weighted by Gasteiger charge is 2.25. The fraction of sp³-hybridized carbons (Fsp3) is 0.0833. The Morgan fingerprint density at radius 2 is 1.69 bits per heavy atom. The molecule has 3 aromatic carbocycles. The monoisotopic (exact) mass is 555 g/mol. The molecule has 0 amide bonds. The van der Waals surface area contributed by atoms with Crippen LogP contribution in [0.25, 0.3) is 21.9 Å². The predicted molar refractivity (Wildman–Crippen MR) is 128 cm³/mol. The van der Waals surface area contributed by atoms with E-state index in [0.717, 1.165) is 4.47 Å². The molecule has 4 aromatic rings. The summed E-state index contributed by atoms with van der Waals surface area (Å²) in [7, 11) is 0. The molecule has 1 aromatic heterocycles. The molecule has 0 bridgehead atoms. The third kappa shape index (κ3) is 3.49. The van der Waals surface area contributed by atoms with E-state index in [4.69, 9.17) is 9.47 Å². The Labute approximate surface area is 199 Å². The summed E-state index contributed by atoms with van der Waals surface area (Å²) in [5.41, 5.74) is 1.46. The number of carbonyl (C=O) groups is 1. The van der Waals surface area contributed by atoms with Crippen LogP contribution in [-0.2, 0) is 6.54 Å². The SMILES string of the molecule is O=C(O)c1c(-c2ccccc2)c2cc(Br)ccc2c(=O)n1Cc1cc2c(cc1Br)OCO2. The van der Waals surface area contributed by atoms with Gasteiger partial charge in [-0.1, -0.05) is 62.2 Å². The number of fused-ring (bicyclic) bond motifs is 2. The van der Waals surface area contributed by atoms with Crippen molar-refractivity contribution in [2.45, 2.75) is 6.54 Å². The number of benzene rings is 3. The second-order valence-corrected chi connectivity index (χ2v) is 9.04. The van der Waals surface area contributed by atoms with Crippen molar-refractivity contribution in [3.05, 3.63) is 91.2 Å². The Balaban J connectivity index is 1.83. The average molecular weight is 557 g/mol. The number of rotatable bonds is 4. The van der Waals surface area contributed by atoms with E-state index in [-0.39, 0.29) is 24.6 Å². The maximum atomic E-state index is 13.5. The summed E-state index contributed by atoms with van der Waals surface area (Å²) >= 11 is 6.96. The van der Waals surface area contributed by atoms with Crippen LogP contribution in [0.5, 0.6) is 11.5 Å². The number of carboxylic acids is 1. The van der Waals surface area contributed by atoms with Crippen LogP contribution in [-0.4, -0.2) is 22.4 Å². The molecule has 32 heavy (non-hydrogen) atoms. The maximum Gasteiger partial charge on any atom is 0.353 e. The molecule has 6 nitrogen and oxygen atoms in total. The molecule has 1 N–H and O–H groups in total. The van der Waals surface area contributed by atoms with Crippen molar-refractivity contribution in [2.24, 2.45) is 0 Å². The van der Waals surface area contributed by atoms with Gasteiger partial charge in [-0.3, -0.25) is 9.36 Å². The minimum Gasteiger partial charge on any atom is -0.477 e. The van der Waals surface area contributed by atoms with Crippen molar-refractivity contribution >= 4 is 48.6 Å². The van der Waals surface area contributed by atoms with Crippen LogP contribution in [0.4, 0.5) is 0 Å². The lowest BCUT2D eigenvalue weighted by Crippen LogP contribution is -2.28. The summed E-state index contributed by atoms with van der Waals surface area (Å²) in [5, 5.41) is 11.3. The Morgan fingerprint density at radius 3 is 2.41 bits per heavy atom. The molecule has 8 heteroatoms. The van der Waals surface area contributed by atoms with Gasteiger partial charge in [-0.25, -0.2) is 4.79 Å². The maximum absolute atomic E-state index is 13.5. The number of nitrogens with zero attached hydrogens (tertiary/aromatic N) is 1. The average Bonchev–Trinajstić information content (AvgIpc) is 3.22. The van der Waals surface area contributed by atoms with Gasteiger partial charge in [0, 0.05) is 19.9 Å². The van der Waals surface area contributed by atoms with Gasteiger partial charge < -0.3 is 14.6 Å². The van der Waals surface area contributed by atoms with E-state index >= 15 is 0 Å². The van der Waals surface area contributed by atoms with E-state index in [2.05, 4.69) is 31.9 Å². The van der Waals surface area contributed by atoms with E-state index in [1.54, 1.807) is 30.3 Å². The number of halogens is 2. The van der Waals surface area contributed by atoms with Gasteiger partial charge in [-0.05, 0) is 46.8 Å². The smallest absolute Gasteiger partial charge is 0.353 e. The summed E-state index contributed by atoms with van der Waals surface area (Å²) in [6.45, 7) is 0.165. The van der Waals surface area contributed by atoms with E-state index in [1.807, 2.05) is 30.3 Å². The minimum absolute atomic E-state index is 0.0452. The molecule has 0 fully saturated rings. The normalized spacial score (nSPS) is 12.3. The molecular weight excluding hydrogens is 542 g/mol. The zero-order chi connectivity index (χ0) is 22.4. The quantitative estimate of drug-likeness (QED) is 0.350.